The quantitative estimate of drug-likeness (QED) is 0.0672. The van der Waals surface area contributed by atoms with Crippen molar-refractivity contribution in [2.24, 2.45) is 23.7 Å². The zero-order valence-corrected chi connectivity index (χ0v) is 27.2. The van der Waals surface area contributed by atoms with Crippen LogP contribution in [0.4, 0.5) is 0 Å². The SMILES string of the molecule is C=CC1C(=O)N[C@H](CC2=C(C)C(CCC(=O)O)[C@]3(/C=c4\[nH]/c(=C/C5NC(=O)[C@H](C)[C@H]5CCS)c(C)c4CCC(=O)O)NN23)/C1=C\O. The predicted octanol–water partition coefficient (Wildman–Crippen LogP) is 1.39. The van der Waals surface area contributed by atoms with Crippen molar-refractivity contribution in [3.05, 3.63) is 57.6 Å². The average molecular weight is 654 g/mol. The standard InChI is InChI=1S/C33H43N5O7S/c1-5-19-22(15-39)26(36-32(19)45)13-28-18(4)23(7-9-30(42)43)33(37-38(28)33)14-27-20(6-8-29(40)41)16(2)24(34-27)12-25-21(10-11-46)17(3)31(44)35-25/h5,12,14-15,17,19,21,23,25-26,34,37,39,46H,1,6-11,13H2,2-4H3,(H,35,44)(H,36,45)(H,40,41)(H,42,43)/b22-15-,24-12+,27-14-/t17-,19?,21-,23?,25?,26-,33-,38?/m1/s1. The normalized spacial score (nSPS) is 31.9. The molecule has 12 nitrogen and oxygen atoms in total. The number of rotatable bonds is 13. The highest BCUT2D eigenvalue weighted by molar-refractivity contribution is 7.80. The van der Waals surface area contributed by atoms with Gasteiger partial charge >= 0.3 is 11.9 Å². The number of aromatic amines is 1. The van der Waals surface area contributed by atoms with Gasteiger partial charge in [-0.15, -0.1) is 6.58 Å². The number of H-pyrrole nitrogens is 1. The number of carbonyl (C=O) groups is 4. The first kappa shape index (κ1) is 33.4. The summed E-state index contributed by atoms with van der Waals surface area (Å²) in [5.41, 5.74) is 6.80. The van der Waals surface area contributed by atoms with Crippen LogP contribution in [0.15, 0.2) is 35.8 Å². The second kappa shape index (κ2) is 13.0. The van der Waals surface area contributed by atoms with Gasteiger partial charge in [0, 0.05) is 53.1 Å². The summed E-state index contributed by atoms with van der Waals surface area (Å²) in [5, 5.41) is 38.6. The molecule has 0 bridgehead atoms. The zero-order valence-electron chi connectivity index (χ0n) is 26.3. The van der Waals surface area contributed by atoms with Crippen LogP contribution in [0.1, 0.15) is 57.1 Å². The number of hydrazine groups is 1. The van der Waals surface area contributed by atoms with Gasteiger partial charge in [-0.05, 0) is 73.6 Å². The summed E-state index contributed by atoms with van der Waals surface area (Å²) < 4.78 is 0. The lowest BCUT2D eigenvalue weighted by atomic mass is 9.86. The molecule has 1 aromatic rings. The van der Waals surface area contributed by atoms with E-state index in [1.807, 2.05) is 37.9 Å². The predicted molar refractivity (Wildman–Crippen MR) is 174 cm³/mol. The summed E-state index contributed by atoms with van der Waals surface area (Å²) in [6, 6.07) is -0.668. The molecule has 13 heteroatoms. The third-order valence-corrected chi connectivity index (χ3v) is 10.5. The molecular weight excluding hydrogens is 610 g/mol. The second-order valence-corrected chi connectivity index (χ2v) is 13.2. The summed E-state index contributed by atoms with van der Waals surface area (Å²) in [7, 11) is 0. The third kappa shape index (κ3) is 5.97. The minimum Gasteiger partial charge on any atom is -0.516 e. The Balaban J connectivity index is 1.56. The number of nitrogens with zero attached hydrogens (tertiary/aromatic N) is 1. The molecule has 46 heavy (non-hydrogen) atoms. The highest BCUT2D eigenvalue weighted by Gasteiger charge is 2.62. The van der Waals surface area contributed by atoms with Crippen LogP contribution in [-0.2, 0) is 25.6 Å². The number of carbonyl (C=O) groups excluding carboxylic acids is 2. The van der Waals surface area contributed by atoms with E-state index in [0.717, 1.165) is 45.8 Å². The van der Waals surface area contributed by atoms with Crippen LogP contribution >= 0.6 is 12.6 Å². The molecule has 2 amide bonds. The molecule has 5 rings (SSSR count). The fourth-order valence-corrected chi connectivity index (χ4v) is 7.90. The van der Waals surface area contributed by atoms with Crippen LogP contribution in [-0.4, -0.2) is 72.6 Å². The van der Waals surface area contributed by atoms with Gasteiger partial charge in [-0.25, -0.2) is 5.43 Å². The van der Waals surface area contributed by atoms with Crippen molar-refractivity contribution < 1.29 is 34.5 Å². The summed E-state index contributed by atoms with van der Waals surface area (Å²) in [4.78, 5) is 51.9. The Kier molecular flexibility index (Phi) is 9.46. The van der Waals surface area contributed by atoms with Gasteiger partial charge in [0.1, 0.15) is 5.66 Å². The van der Waals surface area contributed by atoms with Crippen molar-refractivity contribution in [2.45, 2.75) is 77.0 Å². The van der Waals surface area contributed by atoms with Crippen LogP contribution in [0.3, 0.4) is 0 Å². The molecule has 3 fully saturated rings. The molecule has 3 unspecified atom stereocenters. The number of amides is 2. The van der Waals surface area contributed by atoms with Crippen molar-refractivity contribution >= 4 is 48.5 Å². The number of aromatic nitrogens is 1. The van der Waals surface area contributed by atoms with E-state index in [0.29, 0.717) is 24.2 Å². The van der Waals surface area contributed by atoms with E-state index < -0.39 is 29.6 Å². The number of aliphatic carboxylic acids is 2. The van der Waals surface area contributed by atoms with Gasteiger partial charge in [0.05, 0.1) is 24.3 Å². The van der Waals surface area contributed by atoms with Crippen LogP contribution in [0, 0.1) is 30.6 Å². The highest BCUT2D eigenvalue weighted by Crippen LogP contribution is 2.53. The van der Waals surface area contributed by atoms with Gasteiger partial charge in [-0.3, -0.25) is 24.2 Å². The Labute approximate surface area is 272 Å². The maximum atomic E-state index is 12.6. The zero-order chi connectivity index (χ0) is 33.5. The molecule has 0 aromatic carbocycles. The van der Waals surface area contributed by atoms with Gasteiger partial charge in [-0.1, -0.05) is 13.0 Å². The molecule has 5 heterocycles. The summed E-state index contributed by atoms with van der Waals surface area (Å²) in [6.45, 7) is 9.55. The van der Waals surface area contributed by atoms with E-state index in [2.05, 4.69) is 40.3 Å². The monoisotopic (exact) mass is 653 g/mol. The van der Waals surface area contributed by atoms with Crippen LogP contribution in [0.25, 0.3) is 12.2 Å². The van der Waals surface area contributed by atoms with E-state index in [4.69, 9.17) is 0 Å². The molecule has 4 aliphatic heterocycles. The van der Waals surface area contributed by atoms with Gasteiger partial charge in [0.15, 0.2) is 0 Å². The molecule has 0 saturated carbocycles. The minimum absolute atomic E-state index is 0.00906. The van der Waals surface area contributed by atoms with Gasteiger partial charge in [-0.2, -0.15) is 12.6 Å². The first-order valence-corrected chi connectivity index (χ1v) is 16.3. The number of hydrogen-bond donors (Lipinski definition) is 8. The molecule has 7 atom stereocenters. The van der Waals surface area contributed by atoms with Crippen molar-refractivity contribution in [3.8, 4) is 0 Å². The van der Waals surface area contributed by atoms with Gasteiger partial charge in [0.2, 0.25) is 11.8 Å². The number of carboxylic acids is 2. The lowest BCUT2D eigenvalue weighted by molar-refractivity contribution is -0.138. The smallest absolute Gasteiger partial charge is 0.303 e. The Bertz CT molecular complexity index is 1650. The first-order valence-electron chi connectivity index (χ1n) is 15.7. The Hall–Kier alpha value is -3.97. The third-order valence-electron chi connectivity index (χ3n) is 10.2. The first-order chi connectivity index (χ1) is 21.9. The largest absolute Gasteiger partial charge is 0.516 e. The Morgan fingerprint density at radius 3 is 2.41 bits per heavy atom. The van der Waals surface area contributed by atoms with Gasteiger partial charge in [0.25, 0.3) is 0 Å². The molecule has 0 radical (unpaired) electrons. The second-order valence-electron chi connectivity index (χ2n) is 12.8. The molecule has 1 aromatic heterocycles. The minimum atomic E-state index is -0.920. The lowest BCUT2D eigenvalue weighted by Gasteiger charge is -2.18. The van der Waals surface area contributed by atoms with E-state index >= 15 is 0 Å². The van der Waals surface area contributed by atoms with Crippen LogP contribution in [0.2, 0.25) is 0 Å². The summed E-state index contributed by atoms with van der Waals surface area (Å²) in [5.74, 6) is -2.39. The van der Waals surface area contributed by atoms with Crippen LogP contribution < -0.4 is 26.8 Å². The number of carboxylic acid groups (broad SMARTS) is 2. The van der Waals surface area contributed by atoms with Crippen molar-refractivity contribution in [1.29, 1.82) is 0 Å². The van der Waals surface area contributed by atoms with E-state index in [1.54, 1.807) is 0 Å². The maximum absolute atomic E-state index is 12.6. The molecule has 3 saturated heterocycles. The number of aliphatic hydroxyl groups is 1. The number of nitrogens with one attached hydrogen (secondary N) is 4. The molecule has 0 aliphatic carbocycles. The average Bonchev–Trinajstić information content (AvgIpc) is 3.27. The van der Waals surface area contributed by atoms with E-state index in [9.17, 15) is 34.5 Å². The molecule has 248 valence electrons. The fraction of sp³-hybridized carbons (Fsp3) is 0.515. The Morgan fingerprint density at radius 2 is 1.78 bits per heavy atom. The van der Waals surface area contributed by atoms with Crippen LogP contribution in [0.5, 0.6) is 0 Å². The summed E-state index contributed by atoms with van der Waals surface area (Å²) >= 11 is 4.40. The summed E-state index contributed by atoms with van der Waals surface area (Å²) in [6.07, 6.45) is 8.12. The van der Waals surface area contributed by atoms with Crippen molar-refractivity contribution in [3.63, 3.8) is 0 Å². The van der Waals surface area contributed by atoms with E-state index in [1.165, 1.54) is 6.08 Å². The number of thiol groups is 1. The Morgan fingerprint density at radius 1 is 1.07 bits per heavy atom. The number of aliphatic hydroxyl groups excluding tert-OH is 1. The topological polar surface area (TPSA) is 194 Å². The molecule has 7 N–H and O–H groups in total. The lowest BCUT2D eigenvalue weighted by Crippen LogP contribution is -2.31. The number of fused-ring (bicyclic) bond motifs is 1. The number of hydrogen-bond acceptors (Lipinski definition) is 8. The fourth-order valence-electron chi connectivity index (χ4n) is 7.60. The van der Waals surface area contributed by atoms with Gasteiger partial charge < -0.3 is 30.9 Å². The molecular formula is C33H43N5O7S. The maximum Gasteiger partial charge on any atom is 0.303 e. The van der Waals surface area contributed by atoms with Crippen molar-refractivity contribution in [1.82, 2.24) is 26.1 Å². The van der Waals surface area contributed by atoms with Crippen molar-refractivity contribution in [2.75, 3.05) is 5.75 Å². The van der Waals surface area contributed by atoms with E-state index in [-0.39, 0.29) is 54.9 Å². The molecule has 4 aliphatic rings. The highest BCUT2D eigenvalue weighted by atomic mass is 32.1. The molecule has 0 spiro atoms.